The number of aromatic carboxylic acids is 1. The number of hydrogen-bond acceptors (Lipinski definition) is 5. The van der Waals surface area contributed by atoms with E-state index in [4.69, 9.17) is 27.2 Å². The van der Waals surface area contributed by atoms with E-state index in [0.29, 0.717) is 29.6 Å². The molecule has 0 unspecified atom stereocenters. The Labute approximate surface area is 119 Å². The van der Waals surface area contributed by atoms with E-state index in [-0.39, 0.29) is 12.2 Å². The van der Waals surface area contributed by atoms with Gasteiger partial charge in [0.05, 0.1) is 12.2 Å². The lowest BCUT2D eigenvalue weighted by Gasteiger charge is -2.07. The van der Waals surface area contributed by atoms with Crippen LogP contribution in [0.4, 0.5) is 0 Å². The maximum Gasteiger partial charge on any atom is 0.358 e. The third-order valence-corrected chi connectivity index (χ3v) is 2.87. The van der Waals surface area contributed by atoms with E-state index in [1.165, 1.54) is 4.68 Å². The highest BCUT2D eigenvalue weighted by molar-refractivity contribution is 6.30. The molecule has 0 spiro atoms. The van der Waals surface area contributed by atoms with Crippen LogP contribution in [-0.2, 0) is 13.1 Å². The fourth-order valence-corrected chi connectivity index (χ4v) is 1.79. The van der Waals surface area contributed by atoms with Gasteiger partial charge in [0.1, 0.15) is 12.4 Å². The van der Waals surface area contributed by atoms with Crippen LogP contribution in [0.25, 0.3) is 0 Å². The van der Waals surface area contributed by atoms with E-state index in [1.54, 1.807) is 24.3 Å². The number of carboxylic acid groups (broad SMARTS) is 1. The van der Waals surface area contributed by atoms with Gasteiger partial charge in [0, 0.05) is 11.6 Å². The third-order valence-electron chi connectivity index (χ3n) is 2.62. The first-order valence-corrected chi connectivity index (χ1v) is 6.23. The molecule has 0 atom stereocenters. The van der Waals surface area contributed by atoms with Gasteiger partial charge in [0.25, 0.3) is 0 Å². The number of carboxylic acids is 1. The minimum absolute atomic E-state index is 0.0512. The van der Waals surface area contributed by atoms with E-state index in [9.17, 15) is 4.79 Å². The Morgan fingerprint density at radius 1 is 1.40 bits per heavy atom. The average molecular weight is 297 g/mol. The molecule has 1 heterocycles. The van der Waals surface area contributed by atoms with Crippen molar-refractivity contribution in [2.75, 3.05) is 6.61 Å². The summed E-state index contributed by atoms with van der Waals surface area (Å²) >= 11 is 5.77. The molecule has 2 rings (SSSR count). The van der Waals surface area contributed by atoms with Crippen LogP contribution in [0.5, 0.6) is 5.75 Å². The highest BCUT2D eigenvalue weighted by Gasteiger charge is 2.17. The van der Waals surface area contributed by atoms with Crippen molar-refractivity contribution in [2.24, 2.45) is 5.73 Å². The zero-order chi connectivity index (χ0) is 14.5. The molecule has 7 nitrogen and oxygen atoms in total. The fourth-order valence-electron chi connectivity index (χ4n) is 1.66. The van der Waals surface area contributed by atoms with Crippen LogP contribution in [0, 0.1) is 0 Å². The second-order valence-electron chi connectivity index (χ2n) is 3.92. The van der Waals surface area contributed by atoms with Gasteiger partial charge in [-0.1, -0.05) is 16.8 Å². The molecule has 106 valence electrons. The Hall–Kier alpha value is -2.12. The number of ether oxygens (including phenoxy) is 1. The Morgan fingerprint density at radius 2 is 2.10 bits per heavy atom. The summed E-state index contributed by atoms with van der Waals surface area (Å²) in [6, 6.07) is 6.94. The van der Waals surface area contributed by atoms with Gasteiger partial charge in [0.2, 0.25) is 0 Å². The van der Waals surface area contributed by atoms with Crippen LogP contribution in [0.15, 0.2) is 24.3 Å². The van der Waals surface area contributed by atoms with Crippen molar-refractivity contribution in [3.8, 4) is 5.75 Å². The first kappa shape index (κ1) is 14.3. The molecule has 8 heteroatoms. The smallest absolute Gasteiger partial charge is 0.358 e. The van der Waals surface area contributed by atoms with Crippen molar-refractivity contribution < 1.29 is 14.6 Å². The van der Waals surface area contributed by atoms with Crippen molar-refractivity contribution in [1.82, 2.24) is 15.0 Å². The number of nitrogens with zero attached hydrogens (tertiary/aromatic N) is 3. The molecular weight excluding hydrogens is 284 g/mol. The summed E-state index contributed by atoms with van der Waals surface area (Å²) in [5.74, 6) is -0.474. The van der Waals surface area contributed by atoms with E-state index in [2.05, 4.69) is 10.3 Å². The highest BCUT2D eigenvalue weighted by Crippen LogP contribution is 2.15. The van der Waals surface area contributed by atoms with Crippen LogP contribution in [0.1, 0.15) is 16.2 Å². The monoisotopic (exact) mass is 296 g/mol. The quantitative estimate of drug-likeness (QED) is 0.829. The van der Waals surface area contributed by atoms with Crippen LogP contribution in [0.3, 0.4) is 0 Å². The summed E-state index contributed by atoms with van der Waals surface area (Å²) in [6.45, 7) is 0.724. The summed E-state index contributed by atoms with van der Waals surface area (Å²) in [5.41, 5.74) is 5.76. The molecule has 20 heavy (non-hydrogen) atoms. The lowest BCUT2D eigenvalue weighted by Crippen LogP contribution is -2.16. The van der Waals surface area contributed by atoms with Gasteiger partial charge < -0.3 is 15.6 Å². The average Bonchev–Trinajstić information content (AvgIpc) is 2.84. The molecule has 0 bridgehead atoms. The van der Waals surface area contributed by atoms with Gasteiger partial charge in [-0.05, 0) is 24.3 Å². The van der Waals surface area contributed by atoms with Crippen molar-refractivity contribution in [3.63, 3.8) is 0 Å². The predicted molar refractivity (Wildman–Crippen MR) is 71.8 cm³/mol. The molecule has 0 radical (unpaired) electrons. The van der Waals surface area contributed by atoms with Gasteiger partial charge in [-0.3, -0.25) is 0 Å². The molecule has 2 aromatic rings. The molecule has 3 N–H and O–H groups in total. The number of carbonyl (C=O) groups is 1. The number of hydrogen-bond donors (Lipinski definition) is 2. The number of nitrogens with two attached hydrogens (primary N) is 1. The summed E-state index contributed by atoms with van der Waals surface area (Å²) in [7, 11) is 0. The third kappa shape index (κ3) is 3.25. The number of halogens is 1. The van der Waals surface area contributed by atoms with Gasteiger partial charge in [0.15, 0.2) is 5.69 Å². The maximum absolute atomic E-state index is 10.9. The largest absolute Gasteiger partial charge is 0.492 e. The first-order valence-electron chi connectivity index (χ1n) is 5.86. The van der Waals surface area contributed by atoms with Gasteiger partial charge in [-0.15, -0.1) is 5.10 Å². The van der Waals surface area contributed by atoms with E-state index >= 15 is 0 Å². The molecule has 0 saturated heterocycles. The molecule has 0 amide bonds. The van der Waals surface area contributed by atoms with Crippen LogP contribution < -0.4 is 10.5 Å². The van der Waals surface area contributed by atoms with Gasteiger partial charge in [-0.25, -0.2) is 9.48 Å². The van der Waals surface area contributed by atoms with Gasteiger partial charge >= 0.3 is 5.97 Å². The lowest BCUT2D eigenvalue weighted by atomic mass is 10.3. The van der Waals surface area contributed by atoms with Crippen LogP contribution in [0.2, 0.25) is 5.02 Å². The van der Waals surface area contributed by atoms with Crippen LogP contribution in [-0.4, -0.2) is 32.7 Å². The summed E-state index contributed by atoms with van der Waals surface area (Å²) < 4.78 is 6.93. The Morgan fingerprint density at radius 3 is 2.70 bits per heavy atom. The fraction of sp³-hybridized carbons (Fsp3) is 0.250. The molecular formula is C12H13ClN4O3. The molecule has 1 aromatic heterocycles. The first-order chi connectivity index (χ1) is 9.61. The van der Waals surface area contributed by atoms with Crippen molar-refractivity contribution >= 4 is 17.6 Å². The second-order valence-corrected chi connectivity index (χ2v) is 4.36. The molecule has 0 fully saturated rings. The molecule has 1 aromatic carbocycles. The highest BCUT2D eigenvalue weighted by atomic mass is 35.5. The van der Waals surface area contributed by atoms with E-state index in [0.717, 1.165) is 0 Å². The predicted octanol–water partition coefficient (Wildman–Crippen LogP) is 1.17. The van der Waals surface area contributed by atoms with E-state index in [1.807, 2.05) is 0 Å². The normalized spacial score (nSPS) is 10.5. The molecule has 0 aliphatic carbocycles. The number of aromatic nitrogens is 3. The Kier molecular flexibility index (Phi) is 4.54. The van der Waals surface area contributed by atoms with Crippen molar-refractivity contribution in [3.05, 3.63) is 40.7 Å². The van der Waals surface area contributed by atoms with Gasteiger partial charge in [-0.2, -0.15) is 0 Å². The Balaban J connectivity index is 1.97. The van der Waals surface area contributed by atoms with Crippen molar-refractivity contribution in [2.45, 2.75) is 13.1 Å². The molecule has 0 aliphatic rings. The summed E-state index contributed by atoms with van der Waals surface area (Å²) in [5, 5.41) is 16.9. The lowest BCUT2D eigenvalue weighted by molar-refractivity contribution is 0.0689. The minimum atomic E-state index is -1.14. The molecule has 0 aliphatic heterocycles. The standard InChI is InChI=1S/C12H13ClN4O3/c13-8-1-3-9(4-2-8)20-6-5-17-10(7-14)11(12(18)19)15-16-17/h1-4H,5-7,14H2,(H,18,19). The summed E-state index contributed by atoms with van der Waals surface area (Å²) in [6.07, 6.45) is 0. The number of benzene rings is 1. The molecule has 0 saturated carbocycles. The van der Waals surface area contributed by atoms with E-state index < -0.39 is 5.97 Å². The number of rotatable bonds is 6. The zero-order valence-electron chi connectivity index (χ0n) is 10.5. The van der Waals surface area contributed by atoms with Crippen LogP contribution >= 0.6 is 11.6 Å². The minimum Gasteiger partial charge on any atom is -0.492 e. The zero-order valence-corrected chi connectivity index (χ0v) is 11.2. The SMILES string of the molecule is NCc1c(C(=O)O)nnn1CCOc1ccc(Cl)cc1. The summed E-state index contributed by atoms with van der Waals surface area (Å²) in [4.78, 5) is 10.9. The maximum atomic E-state index is 10.9. The Bertz CT molecular complexity index is 597. The van der Waals surface area contributed by atoms with Crippen molar-refractivity contribution in [1.29, 1.82) is 0 Å². The topological polar surface area (TPSA) is 103 Å². The second kappa shape index (κ2) is 6.36.